The lowest BCUT2D eigenvalue weighted by molar-refractivity contribution is 0.0944. The Morgan fingerprint density at radius 3 is 2.72 bits per heavy atom. The first-order valence-electron chi connectivity index (χ1n) is 5.71. The third kappa shape index (κ3) is 3.07. The smallest absolute Gasteiger partial charge is 0.254 e. The highest BCUT2D eigenvalue weighted by Crippen LogP contribution is 2.17. The molecule has 6 heteroatoms. The number of hydrogen-bond acceptors (Lipinski definition) is 3. The Morgan fingerprint density at radius 2 is 2.11 bits per heavy atom. The average molecular weight is 271 g/mol. The summed E-state index contributed by atoms with van der Waals surface area (Å²) in [5, 5.41) is 2.58. The van der Waals surface area contributed by atoms with Crippen LogP contribution in [0.4, 0.5) is 4.39 Å². The van der Waals surface area contributed by atoms with Crippen molar-refractivity contribution in [3.63, 3.8) is 0 Å². The first-order valence-corrected chi connectivity index (χ1v) is 7.53. The molecule has 0 spiro atoms. The van der Waals surface area contributed by atoms with Gasteiger partial charge in [0.1, 0.15) is 5.82 Å². The quantitative estimate of drug-likeness (QED) is 0.891. The van der Waals surface area contributed by atoms with E-state index in [2.05, 4.69) is 5.32 Å². The molecule has 1 aliphatic heterocycles. The van der Waals surface area contributed by atoms with Crippen molar-refractivity contribution in [3.8, 4) is 0 Å². The Balaban J connectivity index is 1.92. The molecule has 1 aromatic carbocycles. The summed E-state index contributed by atoms with van der Waals surface area (Å²) >= 11 is 0. The van der Waals surface area contributed by atoms with Crippen LogP contribution >= 0.6 is 0 Å². The number of benzene rings is 1. The number of rotatable bonds is 3. The zero-order valence-electron chi connectivity index (χ0n) is 9.73. The lowest BCUT2D eigenvalue weighted by Gasteiger charge is -2.09. The lowest BCUT2D eigenvalue weighted by Crippen LogP contribution is -2.30. The molecular weight excluding hydrogens is 257 g/mol. The van der Waals surface area contributed by atoms with E-state index in [4.69, 9.17) is 0 Å². The molecule has 1 amide bonds. The SMILES string of the molecule is O=C(NCC1CCS(=O)(=O)C1)c1ccccc1F. The third-order valence-electron chi connectivity index (χ3n) is 3.00. The fourth-order valence-corrected chi connectivity index (χ4v) is 3.87. The predicted molar refractivity (Wildman–Crippen MR) is 65.5 cm³/mol. The Kier molecular flexibility index (Phi) is 3.65. The molecule has 98 valence electrons. The molecule has 1 saturated heterocycles. The Hall–Kier alpha value is -1.43. The predicted octanol–water partition coefficient (Wildman–Crippen LogP) is 0.990. The second kappa shape index (κ2) is 5.06. The van der Waals surface area contributed by atoms with Crippen LogP contribution in [-0.2, 0) is 9.84 Å². The van der Waals surface area contributed by atoms with Gasteiger partial charge in [0.2, 0.25) is 0 Å². The summed E-state index contributed by atoms with van der Waals surface area (Å²) in [5.74, 6) is -0.866. The number of hydrogen-bond donors (Lipinski definition) is 1. The largest absolute Gasteiger partial charge is 0.352 e. The van der Waals surface area contributed by atoms with Crippen molar-refractivity contribution in [2.24, 2.45) is 5.92 Å². The van der Waals surface area contributed by atoms with Gasteiger partial charge in [-0.25, -0.2) is 12.8 Å². The standard InChI is InChI=1S/C12H14FNO3S/c13-11-4-2-1-3-10(11)12(15)14-7-9-5-6-18(16,17)8-9/h1-4,9H,5-8H2,(H,14,15). The zero-order valence-corrected chi connectivity index (χ0v) is 10.5. The Morgan fingerprint density at radius 1 is 1.39 bits per heavy atom. The molecule has 2 rings (SSSR count). The molecule has 1 heterocycles. The molecule has 0 aromatic heterocycles. The van der Waals surface area contributed by atoms with Gasteiger partial charge in [-0.1, -0.05) is 12.1 Å². The van der Waals surface area contributed by atoms with Crippen LogP contribution in [0.2, 0.25) is 0 Å². The van der Waals surface area contributed by atoms with Crippen molar-refractivity contribution in [2.45, 2.75) is 6.42 Å². The summed E-state index contributed by atoms with van der Waals surface area (Å²) in [7, 11) is -2.94. The van der Waals surface area contributed by atoms with Crippen LogP contribution in [0.25, 0.3) is 0 Å². The van der Waals surface area contributed by atoms with Gasteiger partial charge in [0.25, 0.3) is 5.91 Å². The molecule has 18 heavy (non-hydrogen) atoms. The van der Waals surface area contributed by atoms with E-state index in [0.717, 1.165) is 0 Å². The van der Waals surface area contributed by atoms with Crippen LogP contribution in [0.3, 0.4) is 0 Å². The first kappa shape index (κ1) is 13.0. The van der Waals surface area contributed by atoms with Crippen LogP contribution in [0.15, 0.2) is 24.3 Å². The topological polar surface area (TPSA) is 63.2 Å². The van der Waals surface area contributed by atoms with Crippen molar-refractivity contribution in [1.29, 1.82) is 0 Å². The van der Waals surface area contributed by atoms with Gasteiger partial charge in [0.05, 0.1) is 17.1 Å². The maximum absolute atomic E-state index is 13.3. The molecule has 1 aromatic rings. The molecule has 1 aliphatic rings. The summed E-state index contributed by atoms with van der Waals surface area (Å²) in [6, 6.07) is 5.71. The minimum Gasteiger partial charge on any atom is -0.352 e. The van der Waals surface area contributed by atoms with Gasteiger partial charge in [-0.05, 0) is 24.5 Å². The Labute approximate surface area is 105 Å². The van der Waals surface area contributed by atoms with E-state index in [9.17, 15) is 17.6 Å². The van der Waals surface area contributed by atoms with E-state index >= 15 is 0 Å². The number of halogens is 1. The molecule has 1 atom stereocenters. The fourth-order valence-electron chi connectivity index (χ4n) is 2.01. The van der Waals surface area contributed by atoms with Crippen molar-refractivity contribution in [2.75, 3.05) is 18.1 Å². The molecular formula is C12H14FNO3S. The van der Waals surface area contributed by atoms with Gasteiger partial charge in [-0.15, -0.1) is 0 Å². The van der Waals surface area contributed by atoms with E-state index in [1.807, 2.05) is 0 Å². The van der Waals surface area contributed by atoms with E-state index in [1.165, 1.54) is 18.2 Å². The highest BCUT2D eigenvalue weighted by atomic mass is 32.2. The molecule has 1 N–H and O–H groups in total. The summed E-state index contributed by atoms with van der Waals surface area (Å²) in [4.78, 5) is 11.7. The Bertz CT molecular complexity index is 556. The molecule has 1 fully saturated rings. The summed E-state index contributed by atoms with van der Waals surface area (Å²) in [6.45, 7) is 0.270. The van der Waals surface area contributed by atoms with E-state index in [1.54, 1.807) is 6.07 Å². The van der Waals surface area contributed by atoms with Gasteiger partial charge in [-0.3, -0.25) is 4.79 Å². The van der Waals surface area contributed by atoms with E-state index in [-0.39, 0.29) is 29.5 Å². The van der Waals surface area contributed by atoms with Crippen molar-refractivity contribution in [3.05, 3.63) is 35.6 Å². The molecule has 1 unspecified atom stereocenters. The van der Waals surface area contributed by atoms with Gasteiger partial charge >= 0.3 is 0 Å². The minimum absolute atomic E-state index is 0.0154. The summed E-state index contributed by atoms with van der Waals surface area (Å²) in [5.41, 5.74) is -0.0154. The van der Waals surface area contributed by atoms with Gasteiger partial charge in [-0.2, -0.15) is 0 Å². The molecule has 0 radical (unpaired) electrons. The average Bonchev–Trinajstić information content (AvgIpc) is 2.66. The fraction of sp³-hybridized carbons (Fsp3) is 0.417. The van der Waals surface area contributed by atoms with Crippen LogP contribution in [0, 0.1) is 11.7 Å². The first-order chi connectivity index (χ1) is 8.48. The highest BCUT2D eigenvalue weighted by molar-refractivity contribution is 7.91. The van der Waals surface area contributed by atoms with Crippen molar-refractivity contribution < 1.29 is 17.6 Å². The number of carbonyl (C=O) groups is 1. The summed E-state index contributed by atoms with van der Waals surface area (Å²) < 4.78 is 35.8. The van der Waals surface area contributed by atoms with Crippen LogP contribution in [0.5, 0.6) is 0 Å². The van der Waals surface area contributed by atoms with E-state index < -0.39 is 21.6 Å². The lowest BCUT2D eigenvalue weighted by atomic mass is 10.1. The molecule has 0 aliphatic carbocycles. The van der Waals surface area contributed by atoms with Gasteiger partial charge in [0, 0.05) is 6.54 Å². The number of sulfone groups is 1. The van der Waals surface area contributed by atoms with E-state index in [0.29, 0.717) is 6.42 Å². The third-order valence-corrected chi connectivity index (χ3v) is 4.83. The second-order valence-corrected chi connectivity index (χ2v) is 6.69. The van der Waals surface area contributed by atoms with Crippen molar-refractivity contribution >= 4 is 15.7 Å². The monoisotopic (exact) mass is 271 g/mol. The maximum Gasteiger partial charge on any atom is 0.254 e. The molecule has 4 nitrogen and oxygen atoms in total. The second-order valence-electron chi connectivity index (χ2n) is 4.46. The minimum atomic E-state index is -2.94. The zero-order chi connectivity index (χ0) is 13.2. The number of amides is 1. The van der Waals surface area contributed by atoms with Gasteiger partial charge < -0.3 is 5.32 Å². The van der Waals surface area contributed by atoms with Crippen LogP contribution < -0.4 is 5.32 Å². The van der Waals surface area contributed by atoms with Crippen LogP contribution in [0.1, 0.15) is 16.8 Å². The number of nitrogens with one attached hydrogen (secondary N) is 1. The van der Waals surface area contributed by atoms with Crippen LogP contribution in [-0.4, -0.2) is 32.4 Å². The van der Waals surface area contributed by atoms with Gasteiger partial charge in [0.15, 0.2) is 9.84 Å². The summed E-state index contributed by atoms with van der Waals surface area (Å²) in [6.07, 6.45) is 0.555. The number of carbonyl (C=O) groups excluding carboxylic acids is 1. The molecule has 0 bridgehead atoms. The maximum atomic E-state index is 13.3. The van der Waals surface area contributed by atoms with Crippen molar-refractivity contribution in [1.82, 2.24) is 5.32 Å². The highest BCUT2D eigenvalue weighted by Gasteiger charge is 2.28. The molecule has 0 saturated carbocycles. The normalized spacial score (nSPS) is 21.7.